The van der Waals surface area contributed by atoms with Crippen molar-refractivity contribution in [3.63, 3.8) is 0 Å². The molecule has 1 aliphatic heterocycles. The molecular weight excluding hydrogens is 120 g/mol. The first-order valence-electron chi connectivity index (χ1n) is 2.72. The van der Waals surface area contributed by atoms with Crippen molar-refractivity contribution in [1.29, 1.82) is 0 Å². The van der Waals surface area contributed by atoms with E-state index in [2.05, 4.69) is 5.32 Å². The number of nitrogens with zero attached hydrogens (tertiary/aromatic N) is 1. The first-order valence-corrected chi connectivity index (χ1v) is 2.72. The minimum atomic E-state index is -0.634. The Morgan fingerprint density at radius 3 is 2.67 bits per heavy atom. The predicted molar refractivity (Wildman–Crippen MR) is 29.3 cm³/mol. The van der Waals surface area contributed by atoms with Crippen molar-refractivity contribution in [3.05, 3.63) is 0 Å². The summed E-state index contributed by atoms with van der Waals surface area (Å²) in [6, 6.07) is 0. The Labute approximate surface area is 52.4 Å². The van der Waals surface area contributed by atoms with Gasteiger partial charge in [0.25, 0.3) is 5.91 Å². The maximum Gasteiger partial charge on any atom is 0.253 e. The van der Waals surface area contributed by atoms with Crippen molar-refractivity contribution in [2.45, 2.75) is 6.42 Å². The molecule has 2 amide bonds. The number of hydrogen-bond acceptors (Lipinski definition) is 2. The molecule has 0 aliphatic carbocycles. The smallest absolute Gasteiger partial charge is 0.253 e. The van der Waals surface area contributed by atoms with Gasteiger partial charge in [0.2, 0.25) is 5.91 Å². The maximum absolute atomic E-state index is 10.5. The molecule has 4 nitrogen and oxygen atoms in total. The van der Waals surface area contributed by atoms with Crippen LogP contribution in [0.4, 0.5) is 0 Å². The number of hydrogen-bond donors (Lipinski definition) is 1. The molecule has 1 heterocycles. The summed E-state index contributed by atoms with van der Waals surface area (Å²) in [5.41, 5.74) is 4.87. The Hall–Kier alpha value is -1.06. The Morgan fingerprint density at radius 2 is 2.44 bits per heavy atom. The van der Waals surface area contributed by atoms with E-state index in [1.807, 2.05) is 0 Å². The third-order valence-corrected chi connectivity index (χ3v) is 1.33. The van der Waals surface area contributed by atoms with Crippen molar-refractivity contribution >= 4 is 11.8 Å². The molecule has 0 aromatic rings. The van der Waals surface area contributed by atoms with Crippen LogP contribution in [0.1, 0.15) is 6.42 Å². The minimum Gasteiger partial charge on any atom is -0.369 e. The van der Waals surface area contributed by atoms with Gasteiger partial charge in [-0.3, -0.25) is 14.9 Å². The van der Waals surface area contributed by atoms with E-state index in [4.69, 9.17) is 5.73 Å². The highest BCUT2D eigenvalue weighted by molar-refractivity contribution is 6.00. The van der Waals surface area contributed by atoms with Crippen molar-refractivity contribution in [2.75, 3.05) is 6.54 Å². The molecule has 1 saturated heterocycles. The molecule has 0 bridgehead atoms. The highest BCUT2D eigenvalue weighted by Gasteiger charge is 2.30. The van der Waals surface area contributed by atoms with Crippen molar-refractivity contribution in [3.8, 4) is 0 Å². The van der Waals surface area contributed by atoms with Gasteiger partial charge in [0, 0.05) is 6.54 Å². The van der Waals surface area contributed by atoms with Crippen LogP contribution in [0.3, 0.4) is 0 Å². The quantitative estimate of drug-likeness (QED) is 0.441. The van der Waals surface area contributed by atoms with Crippen molar-refractivity contribution in [1.82, 2.24) is 5.32 Å². The third-order valence-electron chi connectivity index (χ3n) is 1.33. The molecule has 0 spiro atoms. The molecule has 0 aromatic carbocycles. The molecule has 1 unspecified atom stereocenters. The fourth-order valence-electron chi connectivity index (χ4n) is 0.801. The summed E-state index contributed by atoms with van der Waals surface area (Å²) in [6.45, 7) is 0.451. The second kappa shape index (κ2) is 2.05. The first-order chi connectivity index (χ1) is 4.22. The number of primary amides is 1. The lowest BCUT2D eigenvalue weighted by Gasteiger charge is -1.95. The van der Waals surface area contributed by atoms with Crippen LogP contribution in [0.2, 0.25) is 0 Å². The number of carbonyl (C=O) groups is 2. The topological polar surface area (TPSA) is 74.3 Å². The summed E-state index contributed by atoms with van der Waals surface area (Å²) < 4.78 is 0. The Morgan fingerprint density at radius 1 is 1.78 bits per heavy atom. The molecule has 1 atom stereocenters. The lowest BCUT2D eigenvalue weighted by Crippen LogP contribution is -2.28. The van der Waals surface area contributed by atoms with E-state index in [0.29, 0.717) is 13.0 Å². The maximum atomic E-state index is 10.5. The zero-order valence-corrected chi connectivity index (χ0v) is 4.83. The molecular formula is C5H7N2O2. The summed E-state index contributed by atoms with van der Waals surface area (Å²) in [5.74, 6) is -1.55. The number of amides is 2. The first kappa shape index (κ1) is 6.07. The number of carbonyl (C=O) groups excluding carboxylic acids is 2. The molecule has 1 fully saturated rings. The second-order valence-corrected chi connectivity index (χ2v) is 1.96. The zero-order valence-electron chi connectivity index (χ0n) is 4.83. The Balaban J connectivity index is 2.60. The molecule has 1 rings (SSSR count). The highest BCUT2D eigenvalue weighted by Crippen LogP contribution is 2.08. The zero-order chi connectivity index (χ0) is 6.85. The van der Waals surface area contributed by atoms with E-state index in [1.165, 1.54) is 0 Å². The molecule has 1 radical (unpaired) electrons. The summed E-state index contributed by atoms with van der Waals surface area (Å²) in [7, 11) is 0. The monoisotopic (exact) mass is 127 g/mol. The third kappa shape index (κ3) is 1.01. The molecule has 2 N–H and O–H groups in total. The molecule has 9 heavy (non-hydrogen) atoms. The normalized spacial score (nSPS) is 25.8. The van der Waals surface area contributed by atoms with Gasteiger partial charge in [-0.25, -0.2) is 0 Å². The summed E-state index contributed by atoms with van der Waals surface area (Å²) >= 11 is 0. The van der Waals surface area contributed by atoms with Crippen molar-refractivity contribution in [2.24, 2.45) is 11.7 Å². The summed E-state index contributed by atoms with van der Waals surface area (Å²) in [5, 5.41) is 3.50. The summed E-state index contributed by atoms with van der Waals surface area (Å²) in [6.07, 6.45) is 0.494. The molecule has 0 aromatic heterocycles. The van der Waals surface area contributed by atoms with E-state index >= 15 is 0 Å². The fraction of sp³-hybridized carbons (Fsp3) is 0.600. The van der Waals surface area contributed by atoms with Gasteiger partial charge in [-0.05, 0) is 6.42 Å². The van der Waals surface area contributed by atoms with Crippen LogP contribution >= 0.6 is 0 Å². The van der Waals surface area contributed by atoms with Crippen LogP contribution in [-0.4, -0.2) is 18.4 Å². The number of rotatable bonds is 1. The average molecular weight is 127 g/mol. The van der Waals surface area contributed by atoms with Crippen LogP contribution in [0.15, 0.2) is 0 Å². The number of nitrogens with two attached hydrogens (primary N) is 1. The van der Waals surface area contributed by atoms with E-state index in [0.717, 1.165) is 0 Å². The van der Waals surface area contributed by atoms with Gasteiger partial charge in [0.1, 0.15) is 5.92 Å². The van der Waals surface area contributed by atoms with Gasteiger partial charge in [0.05, 0.1) is 0 Å². The van der Waals surface area contributed by atoms with Crippen LogP contribution in [-0.2, 0) is 9.59 Å². The lowest BCUT2D eigenvalue weighted by atomic mass is 10.1. The molecule has 0 saturated carbocycles. The van der Waals surface area contributed by atoms with Gasteiger partial charge in [-0.15, -0.1) is 0 Å². The van der Waals surface area contributed by atoms with E-state index < -0.39 is 11.8 Å². The predicted octanol–water partition coefficient (Wildman–Crippen LogP) is -1.38. The van der Waals surface area contributed by atoms with Gasteiger partial charge in [-0.2, -0.15) is 0 Å². The lowest BCUT2D eigenvalue weighted by molar-refractivity contribution is -0.131. The Bertz CT molecular complexity index is 155. The van der Waals surface area contributed by atoms with Gasteiger partial charge in [0.15, 0.2) is 0 Å². The average Bonchev–Trinajstić information content (AvgIpc) is 2.13. The Kier molecular flexibility index (Phi) is 1.38. The van der Waals surface area contributed by atoms with Crippen molar-refractivity contribution < 1.29 is 9.59 Å². The van der Waals surface area contributed by atoms with Crippen LogP contribution in [0.25, 0.3) is 0 Å². The van der Waals surface area contributed by atoms with Crippen LogP contribution < -0.4 is 11.1 Å². The van der Waals surface area contributed by atoms with E-state index in [9.17, 15) is 9.59 Å². The molecule has 1 aliphatic rings. The largest absolute Gasteiger partial charge is 0.369 e. The van der Waals surface area contributed by atoms with Gasteiger partial charge in [-0.1, -0.05) is 0 Å². The van der Waals surface area contributed by atoms with E-state index in [1.54, 1.807) is 0 Å². The second-order valence-electron chi connectivity index (χ2n) is 1.96. The highest BCUT2D eigenvalue weighted by atomic mass is 16.2. The van der Waals surface area contributed by atoms with Gasteiger partial charge >= 0.3 is 0 Å². The van der Waals surface area contributed by atoms with E-state index in [-0.39, 0.29) is 5.91 Å². The van der Waals surface area contributed by atoms with Gasteiger partial charge < -0.3 is 5.73 Å². The molecule has 4 heteroatoms. The van der Waals surface area contributed by atoms with Crippen LogP contribution in [0.5, 0.6) is 0 Å². The van der Waals surface area contributed by atoms with Crippen LogP contribution in [0, 0.1) is 5.92 Å². The minimum absolute atomic E-state index is 0.359. The molecule has 49 valence electrons. The standard InChI is InChI=1S/C5H7N2O2/c6-4(8)3-1-2-7-5(3)9/h3H,1-2H2,(H2,6,8). The SMILES string of the molecule is NC(=O)C1CC[N]C1=O. The summed E-state index contributed by atoms with van der Waals surface area (Å²) in [4.78, 5) is 20.9. The fourth-order valence-corrected chi connectivity index (χ4v) is 0.801.